The van der Waals surface area contributed by atoms with Crippen molar-refractivity contribution in [3.05, 3.63) is 22.0 Å². The maximum atomic E-state index is 11.0. The van der Waals surface area contributed by atoms with E-state index in [0.29, 0.717) is 24.2 Å². The van der Waals surface area contributed by atoms with Gasteiger partial charge in [-0.05, 0) is 33.1 Å². The minimum absolute atomic E-state index is 0.161. The summed E-state index contributed by atoms with van der Waals surface area (Å²) in [6.07, 6.45) is 4.24. The summed E-state index contributed by atoms with van der Waals surface area (Å²) in [5.41, 5.74) is 0.755. The lowest BCUT2D eigenvalue weighted by atomic mass is 10.0. The monoisotopic (exact) mass is 266 g/mol. The van der Waals surface area contributed by atoms with E-state index in [9.17, 15) is 10.1 Å². The smallest absolute Gasteiger partial charge is 0.301 e. The molecule has 0 bridgehead atoms. The van der Waals surface area contributed by atoms with E-state index in [1.165, 1.54) is 0 Å². The quantitative estimate of drug-likeness (QED) is 0.620. The van der Waals surface area contributed by atoms with Crippen molar-refractivity contribution in [2.45, 2.75) is 52.1 Å². The van der Waals surface area contributed by atoms with Crippen LogP contribution in [0.1, 0.15) is 45.3 Å². The molecule has 0 amide bonds. The molecule has 0 aliphatic carbocycles. The van der Waals surface area contributed by atoms with E-state index in [0.717, 1.165) is 25.9 Å². The molecule has 19 heavy (non-hydrogen) atoms. The number of hydrogen-bond donors (Lipinski definition) is 0. The normalized spacial score (nSPS) is 18.1. The van der Waals surface area contributed by atoms with Crippen LogP contribution in [0.3, 0.4) is 0 Å². The minimum Gasteiger partial charge on any atom is -0.301 e. The van der Waals surface area contributed by atoms with Crippen LogP contribution in [0.2, 0.25) is 0 Å². The molecule has 2 rings (SSSR count). The molecule has 1 aliphatic rings. The van der Waals surface area contributed by atoms with Crippen LogP contribution >= 0.6 is 0 Å². The standard InChI is InChI=1S/C13H22N4O2/c1-4-12-13(17(18)19)9-16(14-12)11-5-7-15(8-6-11)10(2)3/h9-11H,4-8H2,1-3H3. The summed E-state index contributed by atoms with van der Waals surface area (Å²) >= 11 is 0. The van der Waals surface area contributed by atoms with E-state index in [-0.39, 0.29) is 10.6 Å². The van der Waals surface area contributed by atoms with Gasteiger partial charge in [0.15, 0.2) is 0 Å². The van der Waals surface area contributed by atoms with Gasteiger partial charge in [-0.1, -0.05) is 6.92 Å². The Labute approximate surface area is 113 Å². The first kappa shape index (κ1) is 14.0. The zero-order chi connectivity index (χ0) is 14.0. The molecule has 1 aromatic rings. The first-order chi connectivity index (χ1) is 9.02. The fourth-order valence-electron chi connectivity index (χ4n) is 2.68. The Morgan fingerprint density at radius 1 is 1.47 bits per heavy atom. The van der Waals surface area contributed by atoms with Crippen molar-refractivity contribution >= 4 is 5.69 Å². The molecule has 6 nitrogen and oxygen atoms in total. The summed E-state index contributed by atoms with van der Waals surface area (Å²) in [6.45, 7) is 8.39. The Kier molecular flexibility index (Phi) is 4.19. The van der Waals surface area contributed by atoms with Crippen LogP contribution in [0.5, 0.6) is 0 Å². The highest BCUT2D eigenvalue weighted by Crippen LogP contribution is 2.26. The van der Waals surface area contributed by atoms with Crippen molar-refractivity contribution < 1.29 is 4.92 Å². The molecular weight excluding hydrogens is 244 g/mol. The van der Waals surface area contributed by atoms with Crippen LogP contribution < -0.4 is 0 Å². The molecule has 0 saturated carbocycles. The molecule has 0 N–H and O–H groups in total. The van der Waals surface area contributed by atoms with E-state index in [4.69, 9.17) is 0 Å². The summed E-state index contributed by atoms with van der Waals surface area (Å²) in [5.74, 6) is 0. The van der Waals surface area contributed by atoms with Crippen molar-refractivity contribution in [3.63, 3.8) is 0 Å². The minimum atomic E-state index is -0.328. The molecule has 0 spiro atoms. The second-order valence-electron chi connectivity index (χ2n) is 5.41. The average molecular weight is 266 g/mol. The summed E-state index contributed by atoms with van der Waals surface area (Å²) in [5, 5.41) is 15.4. The number of likely N-dealkylation sites (tertiary alicyclic amines) is 1. The van der Waals surface area contributed by atoms with Gasteiger partial charge in [0, 0.05) is 19.1 Å². The number of rotatable bonds is 4. The van der Waals surface area contributed by atoms with E-state index in [2.05, 4.69) is 23.8 Å². The molecule has 6 heteroatoms. The van der Waals surface area contributed by atoms with E-state index < -0.39 is 0 Å². The highest BCUT2D eigenvalue weighted by atomic mass is 16.6. The Bertz CT molecular complexity index is 447. The SMILES string of the molecule is CCc1nn(C2CCN(C(C)C)CC2)cc1[N+](=O)[O-]. The average Bonchev–Trinajstić information content (AvgIpc) is 2.83. The van der Waals surface area contributed by atoms with Gasteiger partial charge >= 0.3 is 5.69 Å². The summed E-state index contributed by atoms with van der Waals surface area (Å²) in [6, 6.07) is 0.869. The van der Waals surface area contributed by atoms with Gasteiger partial charge in [0.2, 0.25) is 0 Å². The number of nitro groups is 1. The second kappa shape index (κ2) is 5.69. The summed E-state index contributed by atoms with van der Waals surface area (Å²) in [7, 11) is 0. The van der Waals surface area contributed by atoms with Gasteiger partial charge < -0.3 is 4.90 Å². The third-order valence-corrected chi connectivity index (χ3v) is 3.92. The van der Waals surface area contributed by atoms with Gasteiger partial charge in [-0.2, -0.15) is 5.10 Å². The van der Waals surface area contributed by atoms with Crippen LogP contribution in [0.4, 0.5) is 5.69 Å². The van der Waals surface area contributed by atoms with Crippen LogP contribution in [-0.4, -0.2) is 38.7 Å². The molecule has 0 aromatic carbocycles. The maximum absolute atomic E-state index is 11.0. The largest absolute Gasteiger partial charge is 0.310 e. The molecule has 106 valence electrons. The Morgan fingerprint density at radius 3 is 2.53 bits per heavy atom. The highest BCUT2D eigenvalue weighted by molar-refractivity contribution is 5.32. The van der Waals surface area contributed by atoms with Crippen LogP contribution in [0.15, 0.2) is 6.20 Å². The number of aromatic nitrogens is 2. The molecule has 1 saturated heterocycles. The Hall–Kier alpha value is -1.43. The number of hydrogen-bond acceptors (Lipinski definition) is 4. The molecule has 0 unspecified atom stereocenters. The van der Waals surface area contributed by atoms with Crippen molar-refractivity contribution in [2.24, 2.45) is 0 Å². The topological polar surface area (TPSA) is 64.2 Å². The third-order valence-electron chi connectivity index (χ3n) is 3.92. The maximum Gasteiger partial charge on any atom is 0.310 e. The van der Waals surface area contributed by atoms with Crippen LogP contribution in [0, 0.1) is 10.1 Å². The van der Waals surface area contributed by atoms with Crippen molar-refractivity contribution in [2.75, 3.05) is 13.1 Å². The molecule has 0 atom stereocenters. The van der Waals surface area contributed by atoms with Gasteiger partial charge in [-0.15, -0.1) is 0 Å². The van der Waals surface area contributed by atoms with E-state index in [1.54, 1.807) is 6.20 Å². The second-order valence-corrected chi connectivity index (χ2v) is 5.41. The molecule has 1 fully saturated rings. The predicted octanol–water partition coefficient (Wildman–Crippen LogP) is 2.40. The first-order valence-electron chi connectivity index (χ1n) is 6.99. The van der Waals surface area contributed by atoms with Gasteiger partial charge in [0.1, 0.15) is 11.9 Å². The zero-order valence-corrected chi connectivity index (χ0v) is 11.9. The van der Waals surface area contributed by atoms with Gasteiger partial charge in [-0.3, -0.25) is 14.8 Å². The van der Waals surface area contributed by atoms with Crippen molar-refractivity contribution in [3.8, 4) is 0 Å². The van der Waals surface area contributed by atoms with Crippen molar-refractivity contribution in [1.29, 1.82) is 0 Å². The fourth-order valence-corrected chi connectivity index (χ4v) is 2.68. The third kappa shape index (κ3) is 2.94. The lowest BCUT2D eigenvalue weighted by Crippen LogP contribution is -2.39. The van der Waals surface area contributed by atoms with Crippen LogP contribution in [0.25, 0.3) is 0 Å². The first-order valence-corrected chi connectivity index (χ1v) is 6.99. The van der Waals surface area contributed by atoms with Gasteiger partial charge in [-0.25, -0.2) is 0 Å². The van der Waals surface area contributed by atoms with E-state index >= 15 is 0 Å². The number of aryl methyl sites for hydroxylation is 1. The van der Waals surface area contributed by atoms with E-state index in [1.807, 2.05) is 11.6 Å². The zero-order valence-electron chi connectivity index (χ0n) is 11.9. The Balaban J connectivity index is 2.09. The molecular formula is C13H22N4O2. The predicted molar refractivity (Wildman–Crippen MR) is 73.2 cm³/mol. The summed E-state index contributed by atoms with van der Waals surface area (Å²) < 4.78 is 1.81. The highest BCUT2D eigenvalue weighted by Gasteiger charge is 2.26. The van der Waals surface area contributed by atoms with Crippen molar-refractivity contribution in [1.82, 2.24) is 14.7 Å². The Morgan fingerprint density at radius 2 is 2.11 bits per heavy atom. The van der Waals surface area contributed by atoms with Gasteiger partial charge in [0.25, 0.3) is 0 Å². The summed E-state index contributed by atoms with van der Waals surface area (Å²) in [4.78, 5) is 13.1. The molecule has 1 aliphatic heterocycles. The lowest BCUT2D eigenvalue weighted by Gasteiger charge is -2.34. The fraction of sp³-hybridized carbons (Fsp3) is 0.769. The molecule has 1 aromatic heterocycles. The van der Waals surface area contributed by atoms with Crippen LogP contribution in [-0.2, 0) is 6.42 Å². The molecule has 2 heterocycles. The number of nitrogens with zero attached hydrogens (tertiary/aromatic N) is 4. The molecule has 0 radical (unpaired) electrons. The lowest BCUT2D eigenvalue weighted by molar-refractivity contribution is -0.385. The number of piperidine rings is 1. The van der Waals surface area contributed by atoms with Gasteiger partial charge in [0.05, 0.1) is 11.0 Å².